The number of benzene rings is 1. The summed E-state index contributed by atoms with van der Waals surface area (Å²) in [6, 6.07) is 7.96. The molecule has 1 aromatic carbocycles. The Hall–Kier alpha value is -1.95. The zero-order valence-electron chi connectivity index (χ0n) is 12.6. The first kappa shape index (κ1) is 15.0. The second-order valence-corrected chi connectivity index (χ2v) is 5.83. The fourth-order valence-corrected chi connectivity index (χ4v) is 3.58. The van der Waals surface area contributed by atoms with E-state index in [9.17, 15) is 4.79 Å². The number of aliphatic imine (C=N–C) groups is 1. The Morgan fingerprint density at radius 3 is 3.05 bits per heavy atom. The van der Waals surface area contributed by atoms with Gasteiger partial charge in [0.05, 0.1) is 32.7 Å². The summed E-state index contributed by atoms with van der Waals surface area (Å²) in [6.07, 6.45) is 0.290. The number of para-hydroxylation sites is 1. The van der Waals surface area contributed by atoms with Crippen LogP contribution in [0.15, 0.2) is 40.4 Å². The lowest BCUT2D eigenvalue weighted by molar-refractivity contribution is -0.142. The standard InChI is InChI=1S/C16H18N2O3S/c1-3-21-15(19)8-11-10-22-16-17-13(9-18(11)16)12-6-4-5-7-14(12)20-2/h4-7,10,13H,3,8-9H2,1-2H3. The van der Waals surface area contributed by atoms with E-state index in [1.165, 1.54) is 0 Å². The summed E-state index contributed by atoms with van der Waals surface area (Å²) in [4.78, 5) is 18.5. The predicted octanol–water partition coefficient (Wildman–Crippen LogP) is 2.95. The monoisotopic (exact) mass is 318 g/mol. The lowest BCUT2D eigenvalue weighted by atomic mass is 10.1. The van der Waals surface area contributed by atoms with Crippen molar-refractivity contribution < 1.29 is 14.3 Å². The van der Waals surface area contributed by atoms with Crippen molar-refractivity contribution in [2.75, 3.05) is 20.3 Å². The van der Waals surface area contributed by atoms with Crippen LogP contribution in [-0.4, -0.2) is 36.3 Å². The highest BCUT2D eigenvalue weighted by atomic mass is 32.2. The van der Waals surface area contributed by atoms with Gasteiger partial charge in [-0.1, -0.05) is 30.0 Å². The smallest absolute Gasteiger partial charge is 0.311 e. The summed E-state index contributed by atoms with van der Waals surface area (Å²) in [7, 11) is 1.67. The first-order chi connectivity index (χ1) is 10.7. The Kier molecular flexibility index (Phi) is 4.38. The number of esters is 1. The van der Waals surface area contributed by atoms with Gasteiger partial charge in [-0.3, -0.25) is 9.79 Å². The highest BCUT2D eigenvalue weighted by Crippen LogP contribution is 2.40. The van der Waals surface area contributed by atoms with Crippen LogP contribution in [0.2, 0.25) is 0 Å². The topological polar surface area (TPSA) is 51.1 Å². The van der Waals surface area contributed by atoms with Crippen LogP contribution in [0.4, 0.5) is 0 Å². The number of fused-ring (bicyclic) bond motifs is 1. The van der Waals surface area contributed by atoms with Gasteiger partial charge in [-0.15, -0.1) is 0 Å². The van der Waals surface area contributed by atoms with E-state index in [0.29, 0.717) is 13.0 Å². The summed E-state index contributed by atoms with van der Waals surface area (Å²) in [5, 5.41) is 2.92. The van der Waals surface area contributed by atoms with E-state index in [1.807, 2.05) is 36.6 Å². The SMILES string of the molecule is CCOC(=O)CC1=CSC2=NC(c3ccccc3OC)CN12. The Bertz CT molecular complexity index is 642. The third-order valence-corrected chi connectivity index (χ3v) is 4.56. The Morgan fingerprint density at radius 1 is 1.45 bits per heavy atom. The highest BCUT2D eigenvalue weighted by Gasteiger charge is 2.34. The molecule has 0 N–H and O–H groups in total. The van der Waals surface area contributed by atoms with E-state index in [1.54, 1.807) is 18.9 Å². The Labute approximate surface area is 134 Å². The third kappa shape index (κ3) is 2.83. The summed E-state index contributed by atoms with van der Waals surface area (Å²) in [6.45, 7) is 2.95. The number of hydrogen-bond donors (Lipinski definition) is 0. The van der Waals surface area contributed by atoms with Gasteiger partial charge < -0.3 is 14.4 Å². The van der Waals surface area contributed by atoms with Crippen molar-refractivity contribution in [3.63, 3.8) is 0 Å². The molecule has 0 radical (unpaired) electrons. The van der Waals surface area contributed by atoms with Crippen LogP contribution < -0.4 is 4.74 Å². The normalized spacial score (nSPS) is 19.5. The molecule has 0 aromatic heterocycles. The van der Waals surface area contributed by atoms with Crippen molar-refractivity contribution in [2.45, 2.75) is 19.4 Å². The highest BCUT2D eigenvalue weighted by molar-refractivity contribution is 8.16. The second-order valence-electron chi connectivity index (χ2n) is 4.99. The molecule has 1 atom stereocenters. The molecule has 1 aromatic rings. The van der Waals surface area contributed by atoms with Crippen LogP contribution in [0.1, 0.15) is 24.9 Å². The van der Waals surface area contributed by atoms with Gasteiger partial charge in [0.2, 0.25) is 0 Å². The van der Waals surface area contributed by atoms with Gasteiger partial charge in [0.15, 0.2) is 5.17 Å². The zero-order valence-corrected chi connectivity index (χ0v) is 13.4. The molecule has 3 rings (SSSR count). The molecule has 2 aliphatic rings. The summed E-state index contributed by atoms with van der Waals surface area (Å²) < 4.78 is 10.4. The van der Waals surface area contributed by atoms with Gasteiger partial charge in [-0.2, -0.15) is 0 Å². The van der Waals surface area contributed by atoms with Gasteiger partial charge in [0.25, 0.3) is 0 Å². The number of rotatable bonds is 5. The minimum Gasteiger partial charge on any atom is -0.496 e. The van der Waals surface area contributed by atoms with E-state index < -0.39 is 0 Å². The number of carbonyl (C=O) groups excluding carboxylic acids is 1. The van der Waals surface area contributed by atoms with Crippen molar-refractivity contribution >= 4 is 22.9 Å². The van der Waals surface area contributed by atoms with E-state index in [-0.39, 0.29) is 12.0 Å². The van der Waals surface area contributed by atoms with Gasteiger partial charge in [-0.05, 0) is 18.4 Å². The number of methoxy groups -OCH3 is 1. The van der Waals surface area contributed by atoms with Crippen molar-refractivity contribution in [2.24, 2.45) is 4.99 Å². The predicted molar refractivity (Wildman–Crippen MR) is 86.8 cm³/mol. The summed E-state index contributed by atoms with van der Waals surface area (Å²) in [5.41, 5.74) is 2.03. The zero-order chi connectivity index (χ0) is 15.5. The molecule has 0 amide bonds. The van der Waals surface area contributed by atoms with Crippen molar-refractivity contribution in [1.82, 2.24) is 4.90 Å². The number of ether oxygens (including phenoxy) is 2. The second kappa shape index (κ2) is 6.44. The molecule has 22 heavy (non-hydrogen) atoms. The maximum absolute atomic E-state index is 11.7. The average molecular weight is 318 g/mol. The maximum atomic E-state index is 11.7. The maximum Gasteiger partial charge on any atom is 0.311 e. The van der Waals surface area contributed by atoms with Crippen LogP contribution in [-0.2, 0) is 9.53 Å². The number of amidine groups is 1. The van der Waals surface area contributed by atoms with Crippen molar-refractivity contribution in [1.29, 1.82) is 0 Å². The molecular weight excluding hydrogens is 300 g/mol. The molecule has 2 heterocycles. The number of nitrogens with zero attached hydrogens (tertiary/aromatic N) is 2. The average Bonchev–Trinajstić information content (AvgIpc) is 3.09. The molecule has 2 aliphatic heterocycles. The first-order valence-corrected chi connectivity index (χ1v) is 8.10. The fourth-order valence-electron chi connectivity index (χ4n) is 2.62. The molecule has 0 bridgehead atoms. The fraction of sp³-hybridized carbons (Fsp3) is 0.375. The Morgan fingerprint density at radius 2 is 2.27 bits per heavy atom. The van der Waals surface area contributed by atoms with Crippen LogP contribution in [0.5, 0.6) is 5.75 Å². The first-order valence-electron chi connectivity index (χ1n) is 7.22. The minimum atomic E-state index is -0.198. The van der Waals surface area contributed by atoms with Crippen molar-refractivity contribution in [3.8, 4) is 5.75 Å². The quantitative estimate of drug-likeness (QED) is 0.781. The summed E-state index contributed by atoms with van der Waals surface area (Å²) in [5.74, 6) is 0.648. The molecule has 0 fully saturated rings. The lowest BCUT2D eigenvalue weighted by Crippen LogP contribution is -2.24. The van der Waals surface area contributed by atoms with Gasteiger partial charge in [0.1, 0.15) is 5.75 Å². The lowest BCUT2D eigenvalue weighted by Gasteiger charge is -2.18. The molecule has 0 saturated heterocycles. The number of hydrogen-bond acceptors (Lipinski definition) is 6. The molecule has 5 nitrogen and oxygen atoms in total. The molecular formula is C16H18N2O3S. The summed E-state index contributed by atoms with van der Waals surface area (Å²) >= 11 is 1.56. The molecule has 0 spiro atoms. The van der Waals surface area contributed by atoms with E-state index in [4.69, 9.17) is 14.5 Å². The molecule has 116 valence electrons. The number of carbonyl (C=O) groups is 1. The van der Waals surface area contributed by atoms with Gasteiger partial charge in [-0.25, -0.2) is 0 Å². The van der Waals surface area contributed by atoms with Crippen LogP contribution in [0.3, 0.4) is 0 Å². The van der Waals surface area contributed by atoms with Gasteiger partial charge >= 0.3 is 5.97 Å². The minimum absolute atomic E-state index is 0.0320. The van der Waals surface area contributed by atoms with Crippen LogP contribution in [0.25, 0.3) is 0 Å². The molecule has 0 saturated carbocycles. The van der Waals surface area contributed by atoms with E-state index >= 15 is 0 Å². The van der Waals surface area contributed by atoms with Gasteiger partial charge in [0, 0.05) is 11.3 Å². The van der Waals surface area contributed by atoms with E-state index in [2.05, 4.69) is 4.90 Å². The van der Waals surface area contributed by atoms with Crippen LogP contribution >= 0.6 is 11.8 Å². The van der Waals surface area contributed by atoms with Crippen molar-refractivity contribution in [3.05, 3.63) is 40.9 Å². The molecule has 6 heteroatoms. The van der Waals surface area contributed by atoms with E-state index in [0.717, 1.165) is 28.7 Å². The largest absolute Gasteiger partial charge is 0.496 e. The molecule has 0 aliphatic carbocycles. The third-order valence-electron chi connectivity index (χ3n) is 3.63. The number of thioether (sulfide) groups is 1. The molecule has 1 unspecified atom stereocenters. The van der Waals surface area contributed by atoms with Crippen LogP contribution in [0, 0.1) is 0 Å². The Balaban J connectivity index is 1.73.